The molecule has 2 rings (SSSR count). The summed E-state index contributed by atoms with van der Waals surface area (Å²) in [7, 11) is 0. The van der Waals surface area contributed by atoms with Crippen molar-refractivity contribution in [3.05, 3.63) is 58.1 Å². The van der Waals surface area contributed by atoms with E-state index in [4.69, 9.17) is 16.3 Å². The molecule has 0 spiro atoms. The molecule has 0 heterocycles. The Hall–Kier alpha value is -3.07. The molecule has 0 saturated carbocycles. The van der Waals surface area contributed by atoms with Gasteiger partial charge in [0, 0.05) is 12.1 Å². The first-order valence-corrected chi connectivity index (χ1v) is 9.53. The summed E-state index contributed by atoms with van der Waals surface area (Å²) < 4.78 is 43.1. The number of carbonyl (C=O) groups excluding carboxylic acids is 3. The van der Waals surface area contributed by atoms with Crippen molar-refractivity contribution in [3.8, 4) is 0 Å². The van der Waals surface area contributed by atoms with Gasteiger partial charge in [0.25, 0.3) is 5.91 Å². The van der Waals surface area contributed by atoms with Crippen molar-refractivity contribution >= 4 is 40.8 Å². The molecule has 0 fully saturated rings. The Bertz CT molecular complexity index is 973. The fourth-order valence-corrected chi connectivity index (χ4v) is 2.80. The molecule has 0 aliphatic heterocycles. The maximum atomic E-state index is 12.8. The highest BCUT2D eigenvalue weighted by molar-refractivity contribution is 6.33. The van der Waals surface area contributed by atoms with Crippen LogP contribution in [0.5, 0.6) is 0 Å². The number of alkyl halides is 3. The van der Waals surface area contributed by atoms with E-state index in [1.807, 2.05) is 32.0 Å². The first-order valence-electron chi connectivity index (χ1n) is 9.15. The van der Waals surface area contributed by atoms with E-state index in [0.717, 1.165) is 23.3 Å². The van der Waals surface area contributed by atoms with Crippen LogP contribution in [0.1, 0.15) is 29.5 Å². The quantitative estimate of drug-likeness (QED) is 0.582. The highest BCUT2D eigenvalue weighted by Gasteiger charge is 2.31. The van der Waals surface area contributed by atoms with Crippen LogP contribution in [0, 0.1) is 13.8 Å². The number of aryl methyl sites for hydroxylation is 2. The molecule has 10 heteroatoms. The van der Waals surface area contributed by atoms with Crippen LogP contribution in [0.15, 0.2) is 36.4 Å². The summed E-state index contributed by atoms with van der Waals surface area (Å²) in [5.74, 6) is -2.06. The molecule has 0 aliphatic carbocycles. The predicted octanol–water partition coefficient (Wildman–Crippen LogP) is 4.88. The summed E-state index contributed by atoms with van der Waals surface area (Å²) >= 11 is 5.79. The van der Waals surface area contributed by atoms with Gasteiger partial charge in [0.05, 0.1) is 22.7 Å². The van der Waals surface area contributed by atoms with Gasteiger partial charge in [-0.3, -0.25) is 14.4 Å². The second-order valence-electron chi connectivity index (χ2n) is 6.72. The molecule has 6 nitrogen and oxygen atoms in total. The van der Waals surface area contributed by atoms with Gasteiger partial charge in [0.1, 0.15) is 0 Å². The summed E-state index contributed by atoms with van der Waals surface area (Å²) in [5, 5.41) is 4.78. The number of halogens is 4. The number of rotatable bonds is 7. The summed E-state index contributed by atoms with van der Waals surface area (Å²) in [6.45, 7) is 2.95. The van der Waals surface area contributed by atoms with Crippen molar-refractivity contribution < 1.29 is 32.3 Å². The lowest BCUT2D eigenvalue weighted by atomic mass is 10.1. The lowest BCUT2D eigenvalue weighted by Crippen LogP contribution is -2.22. The predicted molar refractivity (Wildman–Crippen MR) is 110 cm³/mol. The number of hydrogen-bond donors (Lipinski definition) is 2. The lowest BCUT2D eigenvalue weighted by Gasteiger charge is -2.12. The molecule has 166 valence electrons. The number of ether oxygens (including phenoxy) is 1. The van der Waals surface area contributed by atoms with Gasteiger partial charge in [-0.25, -0.2) is 0 Å². The van der Waals surface area contributed by atoms with Gasteiger partial charge in [0.15, 0.2) is 6.61 Å². The Labute approximate surface area is 181 Å². The van der Waals surface area contributed by atoms with Gasteiger partial charge < -0.3 is 15.4 Å². The number of hydrogen-bond acceptors (Lipinski definition) is 4. The average Bonchev–Trinajstić information content (AvgIpc) is 2.68. The molecular weight excluding hydrogens is 437 g/mol. The number of para-hydroxylation sites is 1. The maximum absolute atomic E-state index is 12.8. The molecule has 2 aromatic carbocycles. The number of benzene rings is 2. The molecule has 0 bridgehead atoms. The number of carbonyl (C=O) groups is 3. The number of esters is 1. The lowest BCUT2D eigenvalue weighted by molar-refractivity contribution is -0.147. The van der Waals surface area contributed by atoms with Crippen LogP contribution >= 0.6 is 11.6 Å². The first-order chi connectivity index (χ1) is 14.5. The zero-order valence-corrected chi connectivity index (χ0v) is 17.5. The molecule has 2 aromatic rings. The van der Waals surface area contributed by atoms with Gasteiger partial charge in [-0.1, -0.05) is 29.8 Å². The summed E-state index contributed by atoms with van der Waals surface area (Å²) in [6.07, 6.45) is -5.03. The van der Waals surface area contributed by atoms with Gasteiger partial charge in [-0.15, -0.1) is 0 Å². The largest absolute Gasteiger partial charge is 0.456 e. The molecule has 0 aliphatic rings. The Morgan fingerprint density at radius 3 is 2.23 bits per heavy atom. The van der Waals surface area contributed by atoms with Crippen LogP contribution in [-0.2, 0) is 25.3 Å². The average molecular weight is 457 g/mol. The van der Waals surface area contributed by atoms with Gasteiger partial charge >= 0.3 is 12.1 Å². The van der Waals surface area contributed by atoms with Crippen molar-refractivity contribution in [2.45, 2.75) is 32.9 Å². The van der Waals surface area contributed by atoms with Crippen LogP contribution in [0.4, 0.5) is 24.5 Å². The van der Waals surface area contributed by atoms with E-state index in [-0.39, 0.29) is 23.6 Å². The highest BCUT2D eigenvalue weighted by Crippen LogP contribution is 2.33. The van der Waals surface area contributed by atoms with Gasteiger partial charge in [-0.05, 0) is 43.2 Å². The minimum absolute atomic E-state index is 0.101. The minimum atomic E-state index is -4.60. The summed E-state index contributed by atoms with van der Waals surface area (Å²) in [5.41, 5.74) is 1.17. The van der Waals surface area contributed by atoms with Crippen LogP contribution in [0.3, 0.4) is 0 Å². The molecule has 31 heavy (non-hydrogen) atoms. The second kappa shape index (κ2) is 10.3. The number of nitrogens with one attached hydrogen (secondary N) is 2. The molecule has 2 N–H and O–H groups in total. The van der Waals surface area contributed by atoms with Crippen LogP contribution in [0.2, 0.25) is 5.02 Å². The summed E-state index contributed by atoms with van der Waals surface area (Å²) in [4.78, 5) is 35.7. The fraction of sp³-hybridized carbons (Fsp3) is 0.286. The zero-order valence-electron chi connectivity index (χ0n) is 16.7. The van der Waals surface area contributed by atoms with Crippen molar-refractivity contribution in [3.63, 3.8) is 0 Å². The Morgan fingerprint density at radius 1 is 0.968 bits per heavy atom. The topological polar surface area (TPSA) is 84.5 Å². The third kappa shape index (κ3) is 7.29. The zero-order chi connectivity index (χ0) is 23.2. The smallest absolute Gasteiger partial charge is 0.416 e. The van der Waals surface area contributed by atoms with Crippen LogP contribution in [0.25, 0.3) is 0 Å². The Morgan fingerprint density at radius 2 is 1.61 bits per heavy atom. The van der Waals surface area contributed by atoms with E-state index >= 15 is 0 Å². The van der Waals surface area contributed by atoms with Crippen molar-refractivity contribution in [1.29, 1.82) is 0 Å². The van der Waals surface area contributed by atoms with E-state index in [1.54, 1.807) is 0 Å². The molecule has 0 unspecified atom stereocenters. The van der Waals surface area contributed by atoms with Crippen molar-refractivity contribution in [1.82, 2.24) is 0 Å². The maximum Gasteiger partial charge on any atom is 0.416 e. The third-order valence-electron chi connectivity index (χ3n) is 4.23. The fourth-order valence-electron chi connectivity index (χ4n) is 2.63. The van der Waals surface area contributed by atoms with E-state index in [9.17, 15) is 27.6 Å². The second-order valence-corrected chi connectivity index (χ2v) is 7.12. The molecule has 0 atom stereocenters. The first kappa shape index (κ1) is 24.2. The van der Waals surface area contributed by atoms with Gasteiger partial charge in [0.2, 0.25) is 5.91 Å². The molecule has 2 amide bonds. The molecule has 0 radical (unpaired) electrons. The SMILES string of the molecule is Cc1cccc(C)c1NC(=O)CCC(=O)OCC(=O)Nc1cc(C(F)(F)F)ccc1Cl. The highest BCUT2D eigenvalue weighted by atomic mass is 35.5. The van der Waals surface area contributed by atoms with Crippen LogP contribution < -0.4 is 10.6 Å². The monoisotopic (exact) mass is 456 g/mol. The molecule has 0 aromatic heterocycles. The Kier molecular flexibility index (Phi) is 8.04. The molecular formula is C21H20ClF3N2O4. The number of anilines is 2. The van der Waals surface area contributed by atoms with E-state index < -0.39 is 36.1 Å². The van der Waals surface area contributed by atoms with E-state index in [1.165, 1.54) is 0 Å². The van der Waals surface area contributed by atoms with Crippen molar-refractivity contribution in [2.24, 2.45) is 0 Å². The summed E-state index contributed by atoms with van der Waals surface area (Å²) in [6, 6.07) is 8.00. The third-order valence-corrected chi connectivity index (χ3v) is 4.56. The normalized spacial score (nSPS) is 11.0. The van der Waals surface area contributed by atoms with Crippen molar-refractivity contribution in [2.75, 3.05) is 17.2 Å². The Balaban J connectivity index is 1.81. The van der Waals surface area contributed by atoms with E-state index in [2.05, 4.69) is 10.6 Å². The standard InChI is InChI=1S/C21H20ClF3N2O4/c1-12-4-3-5-13(2)20(12)27-17(28)8-9-19(30)31-11-18(29)26-16-10-14(21(23,24)25)6-7-15(16)22/h3-7,10H,8-9,11H2,1-2H3,(H,26,29)(H,27,28). The molecule has 0 saturated heterocycles. The van der Waals surface area contributed by atoms with E-state index in [0.29, 0.717) is 11.8 Å². The van der Waals surface area contributed by atoms with Gasteiger partial charge in [-0.2, -0.15) is 13.2 Å². The minimum Gasteiger partial charge on any atom is -0.456 e. The van der Waals surface area contributed by atoms with Crippen LogP contribution in [-0.4, -0.2) is 24.4 Å². The number of amides is 2.